The van der Waals surface area contributed by atoms with Crippen molar-refractivity contribution in [2.45, 2.75) is 124 Å². The molecule has 27 heavy (non-hydrogen) atoms. The molecular formula is C22H47BrMgO3. The molecule has 0 fully saturated rings. The first kappa shape index (κ1) is 38.3. The number of carbonyl (C=O) groups excluding carboxylic acids is 1. The first-order valence-corrected chi connectivity index (χ1v) is 10.7. The minimum atomic E-state index is -0.0243. The first-order chi connectivity index (χ1) is 12.1. The second-order valence-corrected chi connectivity index (χ2v) is 6.46. The summed E-state index contributed by atoms with van der Waals surface area (Å²) in [6.07, 6.45) is 17.3. The molecule has 0 aromatic carbocycles. The molecule has 0 rings (SSSR count). The van der Waals surface area contributed by atoms with Gasteiger partial charge < -0.3 is 33.7 Å². The summed E-state index contributed by atoms with van der Waals surface area (Å²) in [5.74, 6) is 0. The SMILES string of the molecule is CCCCCCC(O)CCCCCC.CCOC=O.[Br-].[CH2-]CCCCC.[Mg+2]. The van der Waals surface area contributed by atoms with Crippen LogP contribution in [-0.2, 0) is 9.53 Å². The van der Waals surface area contributed by atoms with Crippen LogP contribution in [0.3, 0.4) is 0 Å². The predicted molar refractivity (Wildman–Crippen MR) is 116 cm³/mol. The fourth-order valence-electron chi connectivity index (χ4n) is 2.25. The molecule has 0 aliphatic rings. The molecule has 0 unspecified atom stereocenters. The van der Waals surface area contributed by atoms with Gasteiger partial charge in [-0.25, -0.2) is 0 Å². The van der Waals surface area contributed by atoms with Gasteiger partial charge in [-0.2, -0.15) is 6.42 Å². The Morgan fingerprint density at radius 2 is 1.22 bits per heavy atom. The molecule has 0 atom stereocenters. The summed E-state index contributed by atoms with van der Waals surface area (Å²) in [6, 6.07) is 0. The molecular weight excluding hydrogens is 416 g/mol. The number of carbonyl (C=O) groups is 1. The van der Waals surface area contributed by atoms with Gasteiger partial charge in [-0.05, 0) is 19.8 Å². The van der Waals surface area contributed by atoms with Crippen LogP contribution < -0.4 is 17.0 Å². The van der Waals surface area contributed by atoms with E-state index >= 15 is 0 Å². The van der Waals surface area contributed by atoms with Gasteiger partial charge in [0.1, 0.15) is 0 Å². The van der Waals surface area contributed by atoms with E-state index in [1.54, 1.807) is 6.92 Å². The Balaban J connectivity index is -0.000000104. The molecule has 5 heteroatoms. The average Bonchev–Trinajstić information content (AvgIpc) is 2.62. The predicted octanol–water partition coefficient (Wildman–Crippen LogP) is 3.49. The summed E-state index contributed by atoms with van der Waals surface area (Å²) in [5, 5.41) is 9.65. The zero-order valence-corrected chi connectivity index (χ0v) is 21.8. The topological polar surface area (TPSA) is 46.5 Å². The second kappa shape index (κ2) is 41.1. The van der Waals surface area contributed by atoms with Gasteiger partial charge in [-0.15, -0.1) is 0 Å². The van der Waals surface area contributed by atoms with Crippen molar-refractivity contribution in [3.05, 3.63) is 6.92 Å². The number of rotatable bonds is 15. The summed E-state index contributed by atoms with van der Waals surface area (Å²) in [7, 11) is 0. The van der Waals surface area contributed by atoms with Crippen molar-refractivity contribution in [2.75, 3.05) is 6.61 Å². The van der Waals surface area contributed by atoms with E-state index < -0.39 is 0 Å². The molecule has 0 bridgehead atoms. The van der Waals surface area contributed by atoms with E-state index in [2.05, 4.69) is 32.4 Å². The molecule has 0 aliphatic carbocycles. The van der Waals surface area contributed by atoms with Crippen LogP contribution in [0, 0.1) is 6.92 Å². The van der Waals surface area contributed by atoms with Crippen molar-refractivity contribution < 1.29 is 31.6 Å². The third kappa shape index (κ3) is 52.0. The van der Waals surface area contributed by atoms with Gasteiger partial charge in [0.25, 0.3) is 6.47 Å². The Morgan fingerprint density at radius 1 is 0.815 bits per heavy atom. The monoisotopic (exact) mass is 462 g/mol. The van der Waals surface area contributed by atoms with E-state index in [4.69, 9.17) is 0 Å². The third-order valence-corrected chi connectivity index (χ3v) is 3.87. The number of ether oxygens (including phenoxy) is 1. The number of hydrogen-bond donors (Lipinski definition) is 1. The van der Waals surface area contributed by atoms with Gasteiger partial charge in [0, 0.05) is 0 Å². The smallest absolute Gasteiger partial charge is 1.00 e. The van der Waals surface area contributed by atoms with Crippen molar-refractivity contribution in [3.8, 4) is 0 Å². The van der Waals surface area contributed by atoms with Gasteiger partial charge in [-0.3, -0.25) is 4.79 Å². The van der Waals surface area contributed by atoms with Crippen molar-refractivity contribution in [2.24, 2.45) is 0 Å². The van der Waals surface area contributed by atoms with E-state index in [1.807, 2.05) is 0 Å². The van der Waals surface area contributed by atoms with Crippen LogP contribution >= 0.6 is 0 Å². The molecule has 0 heterocycles. The molecule has 1 N–H and O–H groups in total. The van der Waals surface area contributed by atoms with Gasteiger partial charge in [0.2, 0.25) is 0 Å². The fourth-order valence-corrected chi connectivity index (χ4v) is 2.25. The van der Waals surface area contributed by atoms with Crippen LogP contribution in [0.4, 0.5) is 0 Å². The summed E-state index contributed by atoms with van der Waals surface area (Å²) in [6.45, 7) is 13.0. The Labute approximate surface area is 197 Å². The van der Waals surface area contributed by atoms with Gasteiger partial charge in [0.05, 0.1) is 12.7 Å². The zero-order chi connectivity index (χ0) is 19.6. The Morgan fingerprint density at radius 3 is 1.44 bits per heavy atom. The van der Waals surface area contributed by atoms with E-state index in [0.29, 0.717) is 13.1 Å². The number of unbranched alkanes of at least 4 members (excludes halogenated alkanes) is 9. The molecule has 0 aliphatic heterocycles. The van der Waals surface area contributed by atoms with Crippen LogP contribution in [-0.4, -0.2) is 47.3 Å². The van der Waals surface area contributed by atoms with Gasteiger partial charge in [-0.1, -0.05) is 91.4 Å². The standard InChI is InChI=1S/C13H28O.C6H13.C3H6O2.BrH.Mg/c1-3-5-7-9-11-13(14)12-10-8-6-4-2;1-3-5-6-4-2;1-2-5-3-4;;/h13-14H,3-12H2,1-2H3;1,3-6H2,2H3;3H,2H2,1H3;1H;/q;-1;;;+2/p-1. The van der Waals surface area contributed by atoms with Crippen molar-refractivity contribution in [1.82, 2.24) is 0 Å². The van der Waals surface area contributed by atoms with Gasteiger partial charge >= 0.3 is 23.1 Å². The summed E-state index contributed by atoms with van der Waals surface area (Å²) in [4.78, 5) is 9.18. The maximum Gasteiger partial charge on any atom is 2.00 e. The van der Waals surface area contributed by atoms with Gasteiger partial charge in [0.15, 0.2) is 0 Å². The van der Waals surface area contributed by atoms with Crippen LogP contribution in [0.5, 0.6) is 0 Å². The number of aliphatic hydroxyl groups excluding tert-OH is 1. The summed E-state index contributed by atoms with van der Waals surface area (Å²) in [5.41, 5.74) is 0. The fraction of sp³-hybridized carbons (Fsp3) is 0.909. The third-order valence-electron chi connectivity index (χ3n) is 3.87. The van der Waals surface area contributed by atoms with Crippen molar-refractivity contribution in [1.29, 1.82) is 0 Å². The minimum Gasteiger partial charge on any atom is -1.00 e. The molecule has 3 nitrogen and oxygen atoms in total. The van der Waals surface area contributed by atoms with Crippen LogP contribution in [0.2, 0.25) is 0 Å². The largest absolute Gasteiger partial charge is 2.00 e. The zero-order valence-electron chi connectivity index (χ0n) is 18.8. The first-order valence-electron chi connectivity index (χ1n) is 10.7. The maximum atomic E-state index is 9.65. The molecule has 0 saturated carbocycles. The molecule has 0 amide bonds. The molecule has 0 aromatic rings. The van der Waals surface area contributed by atoms with Crippen LogP contribution in [0.1, 0.15) is 118 Å². The number of hydrogen-bond acceptors (Lipinski definition) is 3. The Kier molecular flexibility index (Phi) is 58.4. The van der Waals surface area contributed by atoms with Crippen molar-refractivity contribution >= 4 is 29.5 Å². The van der Waals surface area contributed by atoms with E-state index in [9.17, 15) is 9.90 Å². The second-order valence-electron chi connectivity index (χ2n) is 6.46. The molecule has 0 spiro atoms. The summed E-state index contributed by atoms with van der Waals surface area (Å²) >= 11 is 0. The van der Waals surface area contributed by atoms with E-state index in [1.165, 1.54) is 70.6 Å². The molecule has 0 radical (unpaired) electrons. The molecule has 162 valence electrons. The van der Waals surface area contributed by atoms with E-state index in [-0.39, 0.29) is 46.1 Å². The Hall–Kier alpha value is 0.676. The van der Waals surface area contributed by atoms with Crippen LogP contribution in [0.25, 0.3) is 0 Å². The minimum absolute atomic E-state index is 0. The molecule has 0 aromatic heterocycles. The number of aliphatic hydroxyl groups is 1. The summed E-state index contributed by atoms with van der Waals surface area (Å²) < 4.78 is 4.15. The van der Waals surface area contributed by atoms with E-state index in [0.717, 1.165) is 19.3 Å². The van der Waals surface area contributed by atoms with Crippen molar-refractivity contribution in [3.63, 3.8) is 0 Å². The normalized spacial score (nSPS) is 9.00. The van der Waals surface area contributed by atoms with Crippen LogP contribution in [0.15, 0.2) is 0 Å². The number of halogens is 1. The average molecular weight is 464 g/mol. The molecule has 0 saturated heterocycles. The Bertz CT molecular complexity index is 204. The quantitative estimate of drug-likeness (QED) is 0.175. The maximum absolute atomic E-state index is 9.65.